The van der Waals surface area contributed by atoms with Gasteiger partial charge in [-0.05, 0) is 85.8 Å². The SMILES string of the molecule is CC(C)[C@@H]1NC(=O)[C@H](Cc2cccs2)NC(=O)[C@H](Cc2ccc(Cl)cc2)NC(=O)CCCSC[C@@H](C(=O)N2CCC[C@H]2C(=O)N[C@H](CCCNC(=N)N)C(=O)NC2CC2)NC(=O)[C@H](CC(N)=O)NC1=O. The summed E-state index contributed by atoms with van der Waals surface area (Å²) in [5, 5.41) is 31.7. The molecule has 3 heterocycles. The zero-order valence-corrected chi connectivity index (χ0v) is 41.7. The average Bonchev–Trinajstić information content (AvgIpc) is 3.71. The number of nitrogens with zero attached hydrogens (tertiary/aromatic N) is 1. The molecule has 1 saturated carbocycles. The molecule has 21 nitrogen and oxygen atoms in total. The van der Waals surface area contributed by atoms with Crippen molar-refractivity contribution < 1.29 is 43.2 Å². The van der Waals surface area contributed by atoms with E-state index in [0.717, 1.165) is 17.7 Å². The Kier molecular flexibility index (Phi) is 21.1. The maximum atomic E-state index is 14.6. The fourth-order valence-corrected chi connectivity index (χ4v) is 9.84. The third kappa shape index (κ3) is 17.5. The summed E-state index contributed by atoms with van der Waals surface area (Å²) < 4.78 is 0. The normalized spacial score (nSPS) is 23.7. The Bertz CT molecular complexity index is 2200. The smallest absolute Gasteiger partial charge is 0.246 e. The molecule has 2 aliphatic heterocycles. The number of thiophene rings is 1. The third-order valence-corrected chi connectivity index (χ3v) is 14.2. The highest BCUT2D eigenvalue weighted by molar-refractivity contribution is 7.99. The molecule has 1 aliphatic carbocycles. The molecule has 2 aromatic rings. The Morgan fingerprint density at radius 1 is 0.857 bits per heavy atom. The number of likely N-dealkylation sites (tertiary alicyclic amines) is 1. The number of amides is 9. The number of primary amides is 1. The lowest BCUT2D eigenvalue weighted by Gasteiger charge is -2.31. The number of carbonyl (C=O) groups excluding carboxylic acids is 9. The molecule has 13 N–H and O–H groups in total. The third-order valence-electron chi connectivity index (χ3n) is 11.9. The fraction of sp³-hybridized carbons (Fsp3) is 0.565. The van der Waals surface area contributed by atoms with E-state index in [4.69, 9.17) is 28.5 Å². The summed E-state index contributed by atoms with van der Waals surface area (Å²) in [6, 6.07) is 1.83. The van der Waals surface area contributed by atoms with Crippen molar-refractivity contribution in [1.82, 2.24) is 47.4 Å². The van der Waals surface area contributed by atoms with E-state index in [9.17, 15) is 43.2 Å². The van der Waals surface area contributed by atoms with Gasteiger partial charge in [-0.25, -0.2) is 0 Å². The van der Waals surface area contributed by atoms with Crippen molar-refractivity contribution in [1.29, 1.82) is 5.41 Å². The molecule has 0 unspecified atom stereocenters. The highest BCUT2D eigenvalue weighted by Crippen LogP contribution is 2.23. The van der Waals surface area contributed by atoms with Crippen LogP contribution in [0.2, 0.25) is 5.02 Å². The van der Waals surface area contributed by atoms with Gasteiger partial charge in [0.25, 0.3) is 0 Å². The van der Waals surface area contributed by atoms with Crippen molar-refractivity contribution in [2.24, 2.45) is 17.4 Å². The number of carbonyl (C=O) groups is 9. The van der Waals surface area contributed by atoms with Gasteiger partial charge >= 0.3 is 0 Å². The van der Waals surface area contributed by atoms with Crippen LogP contribution in [0.3, 0.4) is 0 Å². The predicted molar refractivity (Wildman–Crippen MR) is 265 cm³/mol. The van der Waals surface area contributed by atoms with Crippen LogP contribution in [-0.2, 0) is 56.0 Å². The minimum atomic E-state index is -1.60. The van der Waals surface area contributed by atoms with Gasteiger partial charge in [-0.3, -0.25) is 48.6 Å². The molecule has 24 heteroatoms. The standard InChI is InChI=1S/C46H65ClN12O9S2/c1-25(2)38-44(67)56-33(23-36(48)60)41(64)57-34(45(68)59-18-4-9-35(59)43(66)54-30(8-3-17-51-46(49)50)39(62)52-28-15-16-28)24-69-19-6-10-37(61)53-31(21-26-11-13-27(47)14-12-26)40(63)55-32(42(65)58-38)22-29-7-5-20-70-29/h5,7,11-14,20,25,28,30-35,38H,3-4,6,8-10,15-19,21-24H2,1-2H3,(H2,48,60)(H,52,62)(H,53,61)(H,54,66)(H,55,63)(H,56,67)(H,57,64)(H,58,65)(H4,49,50,51)/t30-,31+,32+,33+,34+,35+,38+/m1/s1. The number of nitrogens with one attached hydrogen (secondary N) is 9. The quantitative estimate of drug-likeness (QED) is 0.0586. The van der Waals surface area contributed by atoms with Crippen LogP contribution in [0.15, 0.2) is 41.8 Å². The highest BCUT2D eigenvalue weighted by atomic mass is 35.5. The number of guanidine groups is 1. The van der Waals surface area contributed by atoms with Crippen LogP contribution < -0.4 is 54.0 Å². The van der Waals surface area contributed by atoms with Crippen LogP contribution >= 0.6 is 34.7 Å². The number of hydrogen-bond donors (Lipinski definition) is 11. The topological polar surface area (TPSA) is 329 Å². The van der Waals surface area contributed by atoms with E-state index in [1.54, 1.807) is 50.2 Å². The number of hydrogen-bond acceptors (Lipinski definition) is 12. The van der Waals surface area contributed by atoms with Gasteiger partial charge in [0, 0.05) is 54.0 Å². The van der Waals surface area contributed by atoms with Gasteiger partial charge in [0.15, 0.2) is 5.96 Å². The van der Waals surface area contributed by atoms with Crippen LogP contribution in [0.25, 0.3) is 0 Å². The summed E-state index contributed by atoms with van der Waals surface area (Å²) in [5.74, 6) is -6.71. The van der Waals surface area contributed by atoms with E-state index in [0.29, 0.717) is 35.7 Å². The molecular formula is C46H65ClN12O9S2. The molecule has 9 amide bonds. The Labute approximate surface area is 420 Å². The van der Waals surface area contributed by atoms with Gasteiger partial charge in [-0.1, -0.05) is 43.6 Å². The molecule has 382 valence electrons. The van der Waals surface area contributed by atoms with E-state index >= 15 is 0 Å². The van der Waals surface area contributed by atoms with Crippen LogP contribution in [0.4, 0.5) is 0 Å². The zero-order valence-electron chi connectivity index (χ0n) is 39.3. The second-order valence-electron chi connectivity index (χ2n) is 18.0. The molecule has 2 saturated heterocycles. The van der Waals surface area contributed by atoms with Crippen molar-refractivity contribution in [2.75, 3.05) is 24.6 Å². The second kappa shape index (κ2) is 26.9. The molecule has 0 bridgehead atoms. The van der Waals surface area contributed by atoms with Crippen LogP contribution in [-0.4, -0.2) is 137 Å². The minimum Gasteiger partial charge on any atom is -0.370 e. The lowest BCUT2D eigenvalue weighted by Crippen LogP contribution is -2.61. The van der Waals surface area contributed by atoms with Crippen molar-refractivity contribution in [3.63, 3.8) is 0 Å². The summed E-state index contributed by atoms with van der Waals surface area (Å²) in [7, 11) is 0. The summed E-state index contributed by atoms with van der Waals surface area (Å²) in [5.41, 5.74) is 11.7. The number of thioether (sulfide) groups is 1. The first kappa shape index (κ1) is 55.0. The molecule has 0 radical (unpaired) electrons. The van der Waals surface area contributed by atoms with E-state index in [1.165, 1.54) is 28.0 Å². The minimum absolute atomic E-state index is 0.0134. The first-order chi connectivity index (χ1) is 33.4. The van der Waals surface area contributed by atoms with Gasteiger partial charge in [0.1, 0.15) is 42.3 Å². The molecular weight excluding hydrogens is 964 g/mol. The Morgan fingerprint density at radius 2 is 1.54 bits per heavy atom. The second-order valence-corrected chi connectivity index (χ2v) is 20.6. The van der Waals surface area contributed by atoms with Crippen LogP contribution in [0.5, 0.6) is 0 Å². The number of rotatable bonds is 16. The fourth-order valence-electron chi connectivity index (χ4n) is 7.99. The monoisotopic (exact) mass is 1030 g/mol. The number of halogens is 1. The van der Waals surface area contributed by atoms with E-state index < -0.39 is 102 Å². The number of benzene rings is 1. The summed E-state index contributed by atoms with van der Waals surface area (Å²) in [4.78, 5) is 126. The number of nitrogens with two attached hydrogens (primary N) is 2. The van der Waals surface area contributed by atoms with E-state index in [-0.39, 0.29) is 68.7 Å². The van der Waals surface area contributed by atoms with Crippen molar-refractivity contribution in [2.45, 2.75) is 133 Å². The maximum Gasteiger partial charge on any atom is 0.246 e. The van der Waals surface area contributed by atoms with Gasteiger partial charge in [0.2, 0.25) is 53.2 Å². The van der Waals surface area contributed by atoms with Crippen molar-refractivity contribution in [3.05, 3.63) is 57.2 Å². The Morgan fingerprint density at radius 3 is 2.20 bits per heavy atom. The molecule has 1 aromatic heterocycles. The predicted octanol–water partition coefficient (Wildman–Crippen LogP) is -0.313. The van der Waals surface area contributed by atoms with E-state index in [1.807, 2.05) is 5.38 Å². The molecule has 1 aromatic carbocycles. The van der Waals surface area contributed by atoms with Gasteiger partial charge in [0.05, 0.1) is 6.42 Å². The van der Waals surface area contributed by atoms with Gasteiger partial charge in [-0.2, -0.15) is 11.8 Å². The average molecular weight is 1030 g/mol. The zero-order chi connectivity index (χ0) is 50.9. The Hall–Kier alpha value is -5.94. The molecule has 3 aliphatic rings. The molecule has 5 rings (SSSR count). The first-order valence-electron chi connectivity index (χ1n) is 23.5. The maximum absolute atomic E-state index is 14.6. The Balaban J connectivity index is 1.40. The molecule has 3 fully saturated rings. The van der Waals surface area contributed by atoms with Crippen molar-refractivity contribution in [3.8, 4) is 0 Å². The lowest BCUT2D eigenvalue weighted by molar-refractivity contribution is -0.142. The summed E-state index contributed by atoms with van der Waals surface area (Å²) >= 11 is 8.72. The summed E-state index contributed by atoms with van der Waals surface area (Å²) in [6.45, 7) is 3.74. The van der Waals surface area contributed by atoms with Crippen molar-refractivity contribution >= 4 is 93.8 Å². The molecule has 70 heavy (non-hydrogen) atoms. The van der Waals surface area contributed by atoms with E-state index in [2.05, 4.69) is 42.5 Å². The van der Waals surface area contributed by atoms with Gasteiger partial charge < -0.3 is 58.9 Å². The van der Waals surface area contributed by atoms with Gasteiger partial charge in [-0.15, -0.1) is 11.3 Å². The van der Waals surface area contributed by atoms with Crippen LogP contribution in [0, 0.1) is 11.3 Å². The summed E-state index contributed by atoms with van der Waals surface area (Å²) in [6.07, 6.45) is 2.62. The largest absolute Gasteiger partial charge is 0.370 e. The first-order valence-corrected chi connectivity index (χ1v) is 25.9. The molecule has 7 atom stereocenters. The van der Waals surface area contributed by atoms with Crippen LogP contribution in [0.1, 0.15) is 82.1 Å². The highest BCUT2D eigenvalue weighted by Gasteiger charge is 2.41. The lowest BCUT2D eigenvalue weighted by atomic mass is 10.0. The molecule has 0 spiro atoms.